The Bertz CT molecular complexity index is 275. The Labute approximate surface area is 123 Å². The summed E-state index contributed by atoms with van der Waals surface area (Å²) < 4.78 is 28.9. The third-order valence-corrected chi connectivity index (χ3v) is 7.85. The quantitative estimate of drug-likeness (QED) is 0.533. The molecule has 118 valence electrons. The predicted molar refractivity (Wildman–Crippen MR) is 77.5 cm³/mol. The molecule has 1 saturated heterocycles. The third kappa shape index (κ3) is 3.43. The van der Waals surface area contributed by atoms with Crippen molar-refractivity contribution in [3.63, 3.8) is 0 Å². The van der Waals surface area contributed by atoms with E-state index in [0.717, 1.165) is 32.3 Å². The van der Waals surface area contributed by atoms with Crippen molar-refractivity contribution in [2.24, 2.45) is 0 Å². The van der Waals surface area contributed by atoms with Gasteiger partial charge in [-0.3, -0.25) is 0 Å². The average Bonchev–Trinajstić information content (AvgIpc) is 3.26. The number of ether oxygens (including phenoxy) is 2. The van der Waals surface area contributed by atoms with Gasteiger partial charge >= 0.3 is 8.80 Å². The zero-order chi connectivity index (χ0) is 14.5. The molecule has 2 fully saturated rings. The smallest absolute Gasteiger partial charge is 0.375 e. The van der Waals surface area contributed by atoms with Crippen LogP contribution in [0.15, 0.2) is 0 Å². The van der Waals surface area contributed by atoms with Gasteiger partial charge in [0.15, 0.2) is 0 Å². The minimum Gasteiger partial charge on any atom is -0.375 e. The van der Waals surface area contributed by atoms with E-state index in [1.807, 2.05) is 0 Å². The maximum Gasteiger partial charge on any atom is 0.533 e. The van der Waals surface area contributed by atoms with Crippen molar-refractivity contribution in [3.05, 3.63) is 0 Å². The fourth-order valence-corrected chi connectivity index (χ4v) is 6.08. The van der Waals surface area contributed by atoms with Gasteiger partial charge in [0.1, 0.15) is 11.3 Å². The molecule has 1 atom stereocenters. The fraction of sp³-hybridized carbons (Fsp3) is 1.00. The lowest BCUT2D eigenvalue weighted by Gasteiger charge is -2.44. The molecule has 0 bridgehead atoms. The first-order chi connectivity index (χ1) is 9.72. The van der Waals surface area contributed by atoms with Crippen LogP contribution in [0, 0.1) is 0 Å². The highest BCUT2D eigenvalue weighted by molar-refractivity contribution is 6.64. The van der Waals surface area contributed by atoms with E-state index < -0.39 is 14.0 Å². The van der Waals surface area contributed by atoms with Gasteiger partial charge < -0.3 is 22.8 Å². The Morgan fingerprint density at radius 1 is 0.950 bits per heavy atom. The van der Waals surface area contributed by atoms with Gasteiger partial charge in [-0.2, -0.15) is 0 Å². The lowest BCUT2D eigenvalue weighted by atomic mass is 9.98. The Morgan fingerprint density at radius 2 is 1.45 bits per heavy atom. The first-order valence-electron chi connectivity index (χ1n) is 7.63. The fourth-order valence-electron chi connectivity index (χ4n) is 3.24. The molecule has 1 unspecified atom stereocenters. The zero-order valence-electron chi connectivity index (χ0n) is 13.0. The predicted octanol–water partition coefficient (Wildman–Crippen LogP) is 2.30. The lowest BCUT2D eigenvalue weighted by molar-refractivity contribution is -0.0746. The first kappa shape index (κ1) is 16.4. The highest BCUT2D eigenvalue weighted by atomic mass is 28.4. The summed E-state index contributed by atoms with van der Waals surface area (Å²) in [6, 6.07) is 0. The van der Waals surface area contributed by atoms with E-state index in [9.17, 15) is 0 Å². The van der Waals surface area contributed by atoms with E-state index in [1.165, 1.54) is 19.3 Å². The molecule has 0 spiro atoms. The van der Waals surface area contributed by atoms with E-state index >= 15 is 0 Å². The van der Waals surface area contributed by atoms with Crippen molar-refractivity contribution in [1.29, 1.82) is 0 Å². The molecule has 0 amide bonds. The number of hydrogen-bond donors (Lipinski definition) is 0. The Balaban J connectivity index is 2.18. The van der Waals surface area contributed by atoms with Gasteiger partial charge in [-0.25, -0.2) is 0 Å². The minimum absolute atomic E-state index is 0.245. The second-order valence-electron chi connectivity index (χ2n) is 5.70. The van der Waals surface area contributed by atoms with Gasteiger partial charge in [0.05, 0.1) is 13.2 Å². The van der Waals surface area contributed by atoms with Crippen molar-refractivity contribution in [3.8, 4) is 0 Å². The van der Waals surface area contributed by atoms with Gasteiger partial charge in [-0.05, 0) is 12.8 Å². The molecular weight excluding hydrogens is 276 g/mol. The highest BCUT2D eigenvalue weighted by Crippen LogP contribution is 2.39. The summed E-state index contributed by atoms with van der Waals surface area (Å²) in [6.45, 7) is 1.42. The van der Waals surface area contributed by atoms with Crippen LogP contribution in [0.25, 0.3) is 0 Å². The van der Waals surface area contributed by atoms with E-state index in [0.29, 0.717) is 6.61 Å². The topological polar surface area (TPSA) is 49.5 Å². The summed E-state index contributed by atoms with van der Waals surface area (Å²) in [6.07, 6.45) is 8.20. The second-order valence-corrected chi connectivity index (χ2v) is 8.95. The van der Waals surface area contributed by atoms with Crippen molar-refractivity contribution in [1.82, 2.24) is 0 Å². The minimum atomic E-state index is -2.84. The molecule has 1 heterocycles. The van der Waals surface area contributed by atoms with E-state index in [2.05, 4.69) is 0 Å². The molecule has 5 nitrogen and oxygen atoms in total. The maximum absolute atomic E-state index is 6.33. The van der Waals surface area contributed by atoms with Gasteiger partial charge in [0, 0.05) is 21.3 Å². The standard InChI is InChI=1S/C14H28O5Si/c1-15-20(16-2,17-3)14(19-12-13-11-18-13)9-7-5-4-6-8-10-14/h13H,4-12H2,1-3H3. The molecule has 0 radical (unpaired) electrons. The molecular formula is C14H28O5Si. The maximum atomic E-state index is 6.33. The molecule has 6 heteroatoms. The van der Waals surface area contributed by atoms with Crippen LogP contribution in [0.5, 0.6) is 0 Å². The molecule has 1 saturated carbocycles. The van der Waals surface area contributed by atoms with Crippen LogP contribution in [0.1, 0.15) is 44.9 Å². The van der Waals surface area contributed by atoms with Crippen LogP contribution in [0.2, 0.25) is 0 Å². The monoisotopic (exact) mass is 304 g/mol. The molecule has 2 rings (SSSR count). The molecule has 2 aliphatic rings. The largest absolute Gasteiger partial charge is 0.533 e. The summed E-state index contributed by atoms with van der Waals surface area (Å²) in [5, 5.41) is -0.419. The van der Waals surface area contributed by atoms with Crippen molar-refractivity contribution in [2.45, 2.75) is 56.3 Å². The molecule has 0 aromatic carbocycles. The summed E-state index contributed by atoms with van der Waals surface area (Å²) in [5.41, 5.74) is 0. The lowest BCUT2D eigenvalue weighted by Crippen LogP contribution is -2.65. The summed E-state index contributed by atoms with van der Waals surface area (Å²) in [7, 11) is 2.19. The van der Waals surface area contributed by atoms with Crippen molar-refractivity contribution >= 4 is 8.80 Å². The van der Waals surface area contributed by atoms with Gasteiger partial charge in [0.2, 0.25) is 0 Å². The van der Waals surface area contributed by atoms with E-state index in [4.69, 9.17) is 22.8 Å². The average molecular weight is 304 g/mol. The third-order valence-electron chi connectivity index (χ3n) is 4.47. The number of rotatable bonds is 7. The van der Waals surface area contributed by atoms with Crippen LogP contribution < -0.4 is 0 Å². The molecule has 0 aromatic heterocycles. The first-order valence-corrected chi connectivity index (χ1v) is 9.35. The molecule has 1 aliphatic carbocycles. The number of hydrogen-bond acceptors (Lipinski definition) is 5. The Kier molecular flexibility index (Phi) is 6.01. The Morgan fingerprint density at radius 3 is 1.90 bits per heavy atom. The molecule has 0 aromatic rings. The Hall–Kier alpha value is 0.0169. The van der Waals surface area contributed by atoms with Gasteiger partial charge in [-0.15, -0.1) is 0 Å². The molecule has 0 N–H and O–H groups in total. The van der Waals surface area contributed by atoms with Crippen molar-refractivity contribution in [2.75, 3.05) is 34.5 Å². The number of epoxide rings is 1. The van der Waals surface area contributed by atoms with Crippen LogP contribution in [-0.2, 0) is 22.8 Å². The normalized spacial score (nSPS) is 26.9. The summed E-state index contributed by atoms with van der Waals surface area (Å²) in [5.74, 6) is 0. The van der Waals surface area contributed by atoms with Gasteiger partial charge in [-0.1, -0.05) is 32.1 Å². The summed E-state index contributed by atoms with van der Waals surface area (Å²) in [4.78, 5) is 0. The van der Waals surface area contributed by atoms with E-state index in [1.54, 1.807) is 21.3 Å². The SMILES string of the molecule is CO[Si](OC)(OC)C1(OCC2CO2)CCCCCCC1. The van der Waals surface area contributed by atoms with Crippen LogP contribution >= 0.6 is 0 Å². The highest BCUT2D eigenvalue weighted by Gasteiger charge is 2.61. The van der Waals surface area contributed by atoms with E-state index in [-0.39, 0.29) is 6.10 Å². The zero-order valence-corrected chi connectivity index (χ0v) is 14.0. The molecule has 20 heavy (non-hydrogen) atoms. The van der Waals surface area contributed by atoms with Crippen LogP contribution in [-0.4, -0.2) is 54.7 Å². The van der Waals surface area contributed by atoms with Crippen LogP contribution in [0.4, 0.5) is 0 Å². The summed E-state index contributed by atoms with van der Waals surface area (Å²) >= 11 is 0. The van der Waals surface area contributed by atoms with Crippen LogP contribution in [0.3, 0.4) is 0 Å². The molecule has 1 aliphatic heterocycles. The van der Waals surface area contributed by atoms with Gasteiger partial charge in [0.25, 0.3) is 0 Å². The van der Waals surface area contributed by atoms with Crippen molar-refractivity contribution < 1.29 is 22.8 Å². The second kappa shape index (κ2) is 7.33.